The van der Waals surface area contributed by atoms with Crippen molar-refractivity contribution >= 4 is 34.8 Å². The molecular formula is C28H29Cl2N3O2. The smallest absolute Gasteiger partial charge is 0.251 e. The quantitative estimate of drug-likeness (QED) is 0.409. The Bertz CT molecular complexity index is 1270. The monoisotopic (exact) mass is 509 g/mol. The molecule has 0 bridgehead atoms. The van der Waals surface area contributed by atoms with Gasteiger partial charge in [-0.05, 0) is 47.9 Å². The Kier molecular flexibility index (Phi) is 7.70. The molecule has 1 amide bonds. The van der Waals surface area contributed by atoms with Crippen LogP contribution in [0.4, 0.5) is 0 Å². The third kappa shape index (κ3) is 5.32. The molecule has 1 heterocycles. The predicted octanol–water partition coefficient (Wildman–Crippen LogP) is 5.84. The normalized spacial score (nSPS) is 15.5. The molecule has 4 rings (SSSR count). The van der Waals surface area contributed by atoms with Crippen LogP contribution in [0.3, 0.4) is 0 Å². The van der Waals surface area contributed by atoms with Crippen LogP contribution in [0.25, 0.3) is 16.8 Å². The second-order valence-corrected chi connectivity index (χ2v) is 9.64. The first-order valence-electron chi connectivity index (χ1n) is 11.5. The number of carbonyl (C=O) groups is 1. The molecule has 1 aliphatic rings. The second kappa shape index (κ2) is 10.7. The highest BCUT2D eigenvalue weighted by atomic mass is 35.5. The van der Waals surface area contributed by atoms with E-state index in [1.807, 2.05) is 80.5 Å². The number of para-hydroxylation sites is 1. The highest BCUT2D eigenvalue weighted by Crippen LogP contribution is 2.35. The van der Waals surface area contributed by atoms with E-state index in [0.29, 0.717) is 28.6 Å². The maximum absolute atomic E-state index is 13.6. The van der Waals surface area contributed by atoms with E-state index in [1.54, 1.807) is 6.07 Å². The van der Waals surface area contributed by atoms with E-state index in [0.717, 1.165) is 39.3 Å². The number of halogens is 2. The Morgan fingerprint density at radius 3 is 2.49 bits per heavy atom. The molecule has 0 unspecified atom stereocenters. The van der Waals surface area contributed by atoms with Crippen LogP contribution in [0.15, 0.2) is 66.2 Å². The van der Waals surface area contributed by atoms with Crippen LogP contribution in [-0.2, 0) is 4.79 Å². The number of hydrogen-bond donors (Lipinski definition) is 2. The summed E-state index contributed by atoms with van der Waals surface area (Å²) in [5.74, 6) is 0.618. The fraction of sp³-hybridized carbons (Fsp3) is 0.250. The first kappa shape index (κ1) is 25.1. The van der Waals surface area contributed by atoms with Gasteiger partial charge in [0.25, 0.3) is 5.91 Å². The number of amides is 1. The van der Waals surface area contributed by atoms with Crippen molar-refractivity contribution in [3.8, 4) is 16.9 Å². The summed E-state index contributed by atoms with van der Waals surface area (Å²) in [6.07, 6.45) is 0.696. The number of ether oxygens (including phenoxy) is 1. The average Bonchev–Trinajstić information content (AvgIpc) is 2.82. The van der Waals surface area contributed by atoms with E-state index in [9.17, 15) is 4.79 Å². The lowest BCUT2D eigenvalue weighted by molar-refractivity contribution is -0.118. The van der Waals surface area contributed by atoms with E-state index < -0.39 is 0 Å². The second-order valence-electron chi connectivity index (χ2n) is 8.76. The van der Waals surface area contributed by atoms with Crippen LogP contribution in [0.5, 0.6) is 5.75 Å². The minimum atomic E-state index is -0.187. The third-order valence-corrected chi connectivity index (χ3v) is 6.67. The molecular weight excluding hydrogens is 481 g/mol. The van der Waals surface area contributed by atoms with Crippen molar-refractivity contribution in [3.05, 3.63) is 93.0 Å². The number of nitrogens with two attached hydrogens (primary N) is 1. The number of carbonyl (C=O) groups excluding carboxylic acids is 1. The van der Waals surface area contributed by atoms with Crippen LogP contribution >= 0.6 is 23.2 Å². The maximum Gasteiger partial charge on any atom is 0.251 e. The molecule has 182 valence electrons. The summed E-state index contributed by atoms with van der Waals surface area (Å²) in [5, 5.41) is 4.33. The van der Waals surface area contributed by atoms with Gasteiger partial charge in [-0.1, -0.05) is 59.6 Å². The molecule has 35 heavy (non-hydrogen) atoms. The lowest BCUT2D eigenvalue weighted by atomic mass is 9.92. The molecule has 3 aromatic rings. The fourth-order valence-electron chi connectivity index (χ4n) is 4.62. The molecule has 1 atom stereocenters. The van der Waals surface area contributed by atoms with Gasteiger partial charge in [-0.15, -0.1) is 0 Å². The third-order valence-electron chi connectivity index (χ3n) is 6.24. The number of nitrogens with zero attached hydrogens (tertiary/aromatic N) is 1. The molecule has 0 aliphatic carbocycles. The molecule has 7 heteroatoms. The van der Waals surface area contributed by atoms with E-state index in [1.165, 1.54) is 0 Å². The summed E-state index contributed by atoms with van der Waals surface area (Å²) < 4.78 is 5.75. The maximum atomic E-state index is 13.6. The average molecular weight is 510 g/mol. The van der Waals surface area contributed by atoms with Crippen molar-refractivity contribution in [1.82, 2.24) is 10.2 Å². The van der Waals surface area contributed by atoms with Crippen molar-refractivity contribution in [3.63, 3.8) is 0 Å². The lowest BCUT2D eigenvalue weighted by Gasteiger charge is -2.28. The molecule has 3 aromatic carbocycles. The van der Waals surface area contributed by atoms with Gasteiger partial charge in [0.05, 0.1) is 23.9 Å². The van der Waals surface area contributed by atoms with Crippen molar-refractivity contribution < 1.29 is 9.53 Å². The van der Waals surface area contributed by atoms with Crippen molar-refractivity contribution in [1.29, 1.82) is 0 Å². The van der Waals surface area contributed by atoms with Crippen LogP contribution in [0.2, 0.25) is 10.0 Å². The molecule has 3 N–H and O–H groups in total. The van der Waals surface area contributed by atoms with Gasteiger partial charge >= 0.3 is 0 Å². The number of benzene rings is 3. The summed E-state index contributed by atoms with van der Waals surface area (Å²) in [7, 11) is 3.84. The van der Waals surface area contributed by atoms with Gasteiger partial charge in [0.15, 0.2) is 0 Å². The topological polar surface area (TPSA) is 67.6 Å². The highest BCUT2D eigenvalue weighted by molar-refractivity contribution is 6.35. The summed E-state index contributed by atoms with van der Waals surface area (Å²) in [4.78, 5) is 15.5. The zero-order chi connectivity index (χ0) is 25.1. The Labute approximate surface area is 216 Å². The van der Waals surface area contributed by atoms with Crippen LogP contribution < -0.4 is 15.8 Å². The van der Waals surface area contributed by atoms with Crippen molar-refractivity contribution in [2.24, 2.45) is 5.73 Å². The van der Waals surface area contributed by atoms with Gasteiger partial charge in [-0.2, -0.15) is 0 Å². The van der Waals surface area contributed by atoms with Crippen LogP contribution in [0.1, 0.15) is 29.2 Å². The fourth-order valence-corrected chi connectivity index (χ4v) is 5.15. The first-order chi connectivity index (χ1) is 16.8. The predicted molar refractivity (Wildman–Crippen MR) is 144 cm³/mol. The molecule has 5 nitrogen and oxygen atoms in total. The molecule has 0 saturated heterocycles. The van der Waals surface area contributed by atoms with Gasteiger partial charge in [-0.3, -0.25) is 4.79 Å². The van der Waals surface area contributed by atoms with Gasteiger partial charge in [0.1, 0.15) is 5.75 Å². The SMILES string of the molecule is Cc1c(/C(=C(\CN)C(=O)N[C@H]2CCOc3ccccc32)N(C)C)cccc1-c1cc(Cl)cc(Cl)c1. The van der Waals surface area contributed by atoms with E-state index in [2.05, 4.69) is 5.32 Å². The number of nitrogens with one attached hydrogen (secondary N) is 1. The highest BCUT2D eigenvalue weighted by Gasteiger charge is 2.26. The van der Waals surface area contributed by atoms with E-state index in [4.69, 9.17) is 33.7 Å². The standard InChI is InChI=1S/C28H29Cl2N3O2/c1-17-21(18-13-19(29)15-20(30)14-18)8-6-9-22(17)27(33(2)3)24(16-31)28(34)32-25-11-12-35-26-10-5-4-7-23(25)26/h4-10,13-15,25H,11-12,16,31H2,1-3H3,(H,32,34)/b27-24-/t25-/m0/s1. The first-order valence-corrected chi connectivity index (χ1v) is 12.2. The van der Waals surface area contributed by atoms with Gasteiger partial charge < -0.3 is 20.7 Å². The van der Waals surface area contributed by atoms with Crippen molar-refractivity contribution in [2.45, 2.75) is 19.4 Å². The Balaban J connectivity index is 1.76. The summed E-state index contributed by atoms with van der Waals surface area (Å²) in [6.45, 7) is 2.67. The summed E-state index contributed by atoms with van der Waals surface area (Å²) >= 11 is 12.5. The van der Waals surface area contributed by atoms with Crippen LogP contribution in [0, 0.1) is 6.92 Å². The van der Waals surface area contributed by atoms with Crippen molar-refractivity contribution in [2.75, 3.05) is 27.2 Å². The summed E-state index contributed by atoms with van der Waals surface area (Å²) in [6, 6.07) is 19.1. The Morgan fingerprint density at radius 1 is 1.09 bits per heavy atom. The number of fused-ring (bicyclic) bond motifs is 1. The molecule has 0 saturated carbocycles. The molecule has 1 aliphatic heterocycles. The largest absolute Gasteiger partial charge is 0.493 e. The van der Waals surface area contributed by atoms with Gasteiger partial charge in [-0.25, -0.2) is 0 Å². The minimum Gasteiger partial charge on any atom is -0.493 e. The molecule has 0 fully saturated rings. The Morgan fingerprint density at radius 2 is 1.80 bits per heavy atom. The van der Waals surface area contributed by atoms with Gasteiger partial charge in [0, 0.05) is 48.2 Å². The minimum absolute atomic E-state index is 0.0941. The molecule has 0 aromatic heterocycles. The zero-order valence-electron chi connectivity index (χ0n) is 20.1. The van der Waals surface area contributed by atoms with E-state index in [-0.39, 0.29) is 18.5 Å². The number of rotatable bonds is 6. The molecule has 0 radical (unpaired) electrons. The summed E-state index contributed by atoms with van der Waals surface area (Å²) in [5.41, 5.74) is 12.3. The van der Waals surface area contributed by atoms with E-state index >= 15 is 0 Å². The number of hydrogen-bond acceptors (Lipinski definition) is 4. The lowest BCUT2D eigenvalue weighted by Crippen LogP contribution is -2.36. The Hall–Kier alpha value is -2.99. The van der Waals surface area contributed by atoms with Gasteiger partial charge in [0.2, 0.25) is 0 Å². The zero-order valence-corrected chi connectivity index (χ0v) is 21.6. The molecule has 0 spiro atoms. The van der Waals surface area contributed by atoms with Crippen LogP contribution in [-0.4, -0.2) is 38.1 Å².